The van der Waals surface area contributed by atoms with Crippen molar-refractivity contribution >= 4 is 45.1 Å². The molecule has 1 N–H and O–H groups in total. The van der Waals surface area contributed by atoms with Crippen LogP contribution in [0.3, 0.4) is 0 Å². The van der Waals surface area contributed by atoms with Gasteiger partial charge in [0.25, 0.3) is 5.91 Å². The van der Waals surface area contributed by atoms with Gasteiger partial charge in [-0.05, 0) is 46.9 Å². The number of nitrogens with one attached hydrogen (secondary N) is 1. The molecule has 0 aliphatic rings. The second-order valence-corrected chi connectivity index (χ2v) is 5.74. The normalized spacial score (nSPS) is 10.5. The SMILES string of the molecule is COc1cc(NC(=O)c2ccccc2)c2ncccc2c1I. The number of halogens is 1. The van der Waals surface area contributed by atoms with Gasteiger partial charge in [0.15, 0.2) is 0 Å². The minimum absolute atomic E-state index is 0.171. The van der Waals surface area contributed by atoms with E-state index >= 15 is 0 Å². The summed E-state index contributed by atoms with van der Waals surface area (Å²) in [7, 11) is 1.61. The summed E-state index contributed by atoms with van der Waals surface area (Å²) in [6, 6.07) is 14.7. The van der Waals surface area contributed by atoms with Crippen molar-refractivity contribution in [1.29, 1.82) is 0 Å². The molecule has 0 saturated heterocycles. The summed E-state index contributed by atoms with van der Waals surface area (Å²) in [6.45, 7) is 0. The summed E-state index contributed by atoms with van der Waals surface area (Å²) in [5.41, 5.74) is 1.99. The van der Waals surface area contributed by atoms with Crippen molar-refractivity contribution in [2.75, 3.05) is 12.4 Å². The highest BCUT2D eigenvalue weighted by Gasteiger charge is 2.14. The van der Waals surface area contributed by atoms with Gasteiger partial charge in [0.2, 0.25) is 0 Å². The van der Waals surface area contributed by atoms with Gasteiger partial charge in [0.05, 0.1) is 21.9 Å². The number of methoxy groups -OCH3 is 1. The first-order valence-electron chi connectivity index (χ1n) is 6.68. The third-order valence-corrected chi connectivity index (χ3v) is 4.41. The van der Waals surface area contributed by atoms with E-state index in [1.54, 1.807) is 31.5 Å². The maximum atomic E-state index is 12.4. The Labute approximate surface area is 141 Å². The number of pyridine rings is 1. The molecule has 2 aromatic carbocycles. The topological polar surface area (TPSA) is 51.2 Å². The van der Waals surface area contributed by atoms with Gasteiger partial charge < -0.3 is 10.1 Å². The first-order valence-corrected chi connectivity index (χ1v) is 7.76. The molecule has 0 atom stereocenters. The van der Waals surface area contributed by atoms with Crippen LogP contribution in [0.15, 0.2) is 54.7 Å². The molecule has 0 fully saturated rings. The summed E-state index contributed by atoms with van der Waals surface area (Å²) in [4.78, 5) is 16.7. The highest BCUT2D eigenvalue weighted by atomic mass is 127. The Morgan fingerprint density at radius 2 is 1.95 bits per heavy atom. The van der Waals surface area contributed by atoms with Gasteiger partial charge in [-0.25, -0.2) is 0 Å². The number of fused-ring (bicyclic) bond motifs is 1. The zero-order valence-corrected chi connectivity index (χ0v) is 14.0. The molecule has 1 aromatic heterocycles. The van der Waals surface area contributed by atoms with E-state index in [-0.39, 0.29) is 5.91 Å². The zero-order valence-electron chi connectivity index (χ0n) is 11.8. The molecule has 110 valence electrons. The van der Waals surface area contributed by atoms with Crippen LogP contribution in [0.2, 0.25) is 0 Å². The Morgan fingerprint density at radius 3 is 2.68 bits per heavy atom. The molecule has 22 heavy (non-hydrogen) atoms. The monoisotopic (exact) mass is 404 g/mol. The molecule has 0 unspecified atom stereocenters. The van der Waals surface area contributed by atoms with E-state index in [1.165, 1.54) is 0 Å². The number of anilines is 1. The minimum atomic E-state index is -0.171. The van der Waals surface area contributed by atoms with Crippen molar-refractivity contribution in [2.45, 2.75) is 0 Å². The predicted molar refractivity (Wildman–Crippen MR) is 95.4 cm³/mol. The smallest absolute Gasteiger partial charge is 0.255 e. The molecular weight excluding hydrogens is 391 g/mol. The molecule has 0 radical (unpaired) electrons. The van der Waals surface area contributed by atoms with Crippen LogP contribution in [0.25, 0.3) is 10.9 Å². The van der Waals surface area contributed by atoms with Gasteiger partial charge in [-0.2, -0.15) is 0 Å². The maximum absolute atomic E-state index is 12.4. The predicted octanol–water partition coefficient (Wildman–Crippen LogP) is 4.10. The minimum Gasteiger partial charge on any atom is -0.496 e. The number of benzene rings is 2. The third kappa shape index (κ3) is 2.76. The van der Waals surface area contributed by atoms with E-state index in [4.69, 9.17) is 4.74 Å². The standard InChI is InChI=1S/C17H13IN2O2/c1-22-14-10-13(16-12(15(14)18)8-5-9-19-16)20-17(21)11-6-3-2-4-7-11/h2-10H,1H3,(H,20,21). The number of carbonyl (C=O) groups is 1. The second kappa shape index (κ2) is 6.31. The molecule has 0 aliphatic carbocycles. The maximum Gasteiger partial charge on any atom is 0.255 e. The number of hydrogen-bond donors (Lipinski definition) is 1. The molecule has 1 heterocycles. The summed E-state index contributed by atoms with van der Waals surface area (Å²) < 4.78 is 6.37. The summed E-state index contributed by atoms with van der Waals surface area (Å²) in [6.07, 6.45) is 1.71. The van der Waals surface area contributed by atoms with Crippen molar-refractivity contribution in [1.82, 2.24) is 4.98 Å². The number of amides is 1. The number of nitrogens with zero attached hydrogens (tertiary/aromatic N) is 1. The zero-order chi connectivity index (χ0) is 15.5. The summed E-state index contributed by atoms with van der Waals surface area (Å²) in [5, 5.41) is 3.87. The lowest BCUT2D eigenvalue weighted by atomic mass is 10.1. The van der Waals surface area contributed by atoms with Gasteiger partial charge in [-0.3, -0.25) is 9.78 Å². The molecule has 0 spiro atoms. The Hall–Kier alpha value is -2.15. The number of aromatic nitrogens is 1. The van der Waals surface area contributed by atoms with Crippen LogP contribution in [-0.4, -0.2) is 18.0 Å². The van der Waals surface area contributed by atoms with E-state index in [2.05, 4.69) is 32.9 Å². The fourth-order valence-electron chi connectivity index (χ4n) is 2.22. The molecule has 5 heteroatoms. The van der Waals surface area contributed by atoms with Crippen molar-refractivity contribution < 1.29 is 9.53 Å². The van der Waals surface area contributed by atoms with Gasteiger partial charge >= 0.3 is 0 Å². The van der Waals surface area contributed by atoms with Crippen LogP contribution in [0.1, 0.15) is 10.4 Å². The lowest BCUT2D eigenvalue weighted by Gasteiger charge is -2.12. The average Bonchev–Trinajstić information content (AvgIpc) is 2.58. The van der Waals surface area contributed by atoms with E-state index in [0.717, 1.165) is 14.5 Å². The highest BCUT2D eigenvalue weighted by molar-refractivity contribution is 14.1. The van der Waals surface area contributed by atoms with Crippen LogP contribution < -0.4 is 10.1 Å². The molecule has 1 amide bonds. The van der Waals surface area contributed by atoms with Crippen LogP contribution in [-0.2, 0) is 0 Å². The third-order valence-electron chi connectivity index (χ3n) is 3.30. The Kier molecular flexibility index (Phi) is 4.24. The lowest BCUT2D eigenvalue weighted by molar-refractivity contribution is 0.102. The van der Waals surface area contributed by atoms with E-state index in [0.29, 0.717) is 17.0 Å². The van der Waals surface area contributed by atoms with Crippen molar-refractivity contribution in [3.05, 3.63) is 63.9 Å². The molecule has 0 saturated carbocycles. The lowest BCUT2D eigenvalue weighted by Crippen LogP contribution is -2.12. The summed E-state index contributed by atoms with van der Waals surface area (Å²) >= 11 is 2.22. The molecule has 3 aromatic rings. The highest BCUT2D eigenvalue weighted by Crippen LogP contribution is 2.34. The number of ether oxygens (including phenoxy) is 1. The van der Waals surface area contributed by atoms with Crippen LogP contribution >= 0.6 is 22.6 Å². The van der Waals surface area contributed by atoms with Crippen molar-refractivity contribution in [3.8, 4) is 5.75 Å². The van der Waals surface area contributed by atoms with Crippen LogP contribution in [0, 0.1) is 3.57 Å². The Morgan fingerprint density at radius 1 is 1.18 bits per heavy atom. The Balaban J connectivity index is 2.07. The van der Waals surface area contributed by atoms with Gasteiger partial charge in [-0.15, -0.1) is 0 Å². The number of rotatable bonds is 3. The van der Waals surface area contributed by atoms with E-state index in [1.807, 2.05) is 30.3 Å². The average molecular weight is 404 g/mol. The van der Waals surface area contributed by atoms with Crippen LogP contribution in [0.4, 0.5) is 5.69 Å². The second-order valence-electron chi connectivity index (χ2n) is 4.66. The number of hydrogen-bond acceptors (Lipinski definition) is 3. The van der Waals surface area contributed by atoms with Crippen molar-refractivity contribution in [2.24, 2.45) is 0 Å². The van der Waals surface area contributed by atoms with Crippen molar-refractivity contribution in [3.63, 3.8) is 0 Å². The molecule has 0 aliphatic heterocycles. The van der Waals surface area contributed by atoms with Gasteiger partial charge in [0, 0.05) is 23.2 Å². The van der Waals surface area contributed by atoms with Gasteiger partial charge in [-0.1, -0.05) is 18.2 Å². The Bertz CT molecular complexity index is 835. The first-order chi connectivity index (χ1) is 10.7. The summed E-state index contributed by atoms with van der Waals surface area (Å²) in [5.74, 6) is 0.542. The van der Waals surface area contributed by atoms with Gasteiger partial charge in [0.1, 0.15) is 5.75 Å². The fraction of sp³-hybridized carbons (Fsp3) is 0.0588. The number of carbonyl (C=O) groups excluding carboxylic acids is 1. The first kappa shape index (κ1) is 14.8. The molecule has 3 rings (SSSR count). The molecule has 4 nitrogen and oxygen atoms in total. The van der Waals surface area contributed by atoms with Crippen LogP contribution in [0.5, 0.6) is 5.75 Å². The fourth-order valence-corrected chi connectivity index (χ4v) is 3.03. The van der Waals surface area contributed by atoms with E-state index < -0.39 is 0 Å². The van der Waals surface area contributed by atoms with E-state index in [9.17, 15) is 4.79 Å². The molecular formula is C17H13IN2O2. The molecule has 0 bridgehead atoms. The largest absolute Gasteiger partial charge is 0.496 e. The quantitative estimate of drug-likeness (QED) is 0.669.